The van der Waals surface area contributed by atoms with Crippen LogP contribution in [0.3, 0.4) is 0 Å². The van der Waals surface area contributed by atoms with Gasteiger partial charge in [0.1, 0.15) is 11.5 Å². The lowest BCUT2D eigenvalue weighted by molar-refractivity contribution is 0.449. The highest BCUT2D eigenvalue weighted by Gasteiger charge is 1.87. The molecule has 8 heavy (non-hydrogen) atoms. The molecule has 2 nitrogen and oxygen atoms in total. The van der Waals surface area contributed by atoms with Gasteiger partial charge in [-0.25, -0.2) is 0 Å². The van der Waals surface area contributed by atoms with E-state index >= 15 is 0 Å². The second-order valence-electron chi connectivity index (χ2n) is 1.35. The number of benzene rings is 1. The van der Waals surface area contributed by atoms with Gasteiger partial charge in [0.2, 0.25) is 0 Å². The first-order chi connectivity index (χ1) is 3.79. The van der Waals surface area contributed by atoms with E-state index in [9.17, 15) is 0 Å². The lowest BCUT2D eigenvalue weighted by atomic mass is 10.3. The summed E-state index contributed by atoms with van der Waals surface area (Å²) >= 11 is 0. The summed E-state index contributed by atoms with van der Waals surface area (Å²) in [6, 6.07) is 7.31. The summed E-state index contributed by atoms with van der Waals surface area (Å²) in [5, 5.41) is 17.2. The van der Waals surface area contributed by atoms with Crippen molar-refractivity contribution in [3.05, 3.63) is 24.3 Å². The van der Waals surface area contributed by atoms with Gasteiger partial charge in [-0.3, -0.25) is 0 Å². The first-order valence-corrected chi connectivity index (χ1v) is 2.10. The average Bonchev–Trinajstić information content (AvgIpc) is 1.64. The fraction of sp³-hybridized carbons (Fsp3) is 0. The molecular weight excluding hydrogens is 104 g/mol. The van der Waals surface area contributed by atoms with Gasteiger partial charge in [-0.1, -0.05) is 0 Å². The van der Waals surface area contributed by atoms with Crippen LogP contribution in [0.15, 0.2) is 12.1 Å². The van der Waals surface area contributed by atoms with E-state index in [-0.39, 0.29) is 11.5 Å². The molecule has 0 saturated carbocycles. The Balaban J connectivity index is 3.08. The highest BCUT2D eigenvalue weighted by Crippen LogP contribution is 2.13. The van der Waals surface area contributed by atoms with E-state index in [2.05, 4.69) is 12.1 Å². The topological polar surface area (TPSA) is 40.5 Å². The van der Waals surface area contributed by atoms with Crippen LogP contribution >= 0.6 is 0 Å². The van der Waals surface area contributed by atoms with Gasteiger partial charge in [0, 0.05) is 18.2 Å². The molecule has 1 aromatic carbocycles. The summed E-state index contributed by atoms with van der Waals surface area (Å²) in [5.74, 6) is -0.137. The molecule has 2 N–H and O–H groups in total. The number of phenolic OH excluding ortho intramolecular Hbond substituents is 2. The molecule has 0 bridgehead atoms. The van der Waals surface area contributed by atoms with Crippen LogP contribution in [-0.2, 0) is 0 Å². The summed E-state index contributed by atoms with van der Waals surface area (Å²) < 4.78 is 0. The molecule has 0 aliphatic carbocycles. The van der Waals surface area contributed by atoms with Crippen molar-refractivity contribution in [2.45, 2.75) is 0 Å². The second kappa shape index (κ2) is 1.74. The van der Waals surface area contributed by atoms with Crippen molar-refractivity contribution in [3.8, 4) is 11.5 Å². The van der Waals surface area contributed by atoms with E-state index in [1.165, 1.54) is 12.1 Å². The van der Waals surface area contributed by atoms with Crippen LogP contribution in [-0.4, -0.2) is 10.2 Å². The Morgan fingerprint density at radius 3 is 1.88 bits per heavy atom. The molecule has 0 aliphatic rings. The summed E-state index contributed by atoms with van der Waals surface area (Å²) in [7, 11) is 0. The number of rotatable bonds is 0. The molecule has 2 heteroatoms. The fourth-order valence-electron chi connectivity index (χ4n) is 0.397. The van der Waals surface area contributed by atoms with E-state index in [4.69, 9.17) is 10.2 Å². The van der Waals surface area contributed by atoms with E-state index in [1.807, 2.05) is 0 Å². The Morgan fingerprint density at radius 2 is 1.62 bits per heavy atom. The Bertz CT molecular complexity index is 166. The molecule has 0 aliphatic heterocycles. The van der Waals surface area contributed by atoms with Crippen LogP contribution in [0.1, 0.15) is 0 Å². The summed E-state index contributed by atoms with van der Waals surface area (Å²) in [5.41, 5.74) is 0. The normalized spacial score (nSPS) is 9.00. The van der Waals surface area contributed by atoms with Crippen molar-refractivity contribution < 1.29 is 10.2 Å². The van der Waals surface area contributed by atoms with Crippen LogP contribution in [0.2, 0.25) is 0 Å². The molecule has 0 fully saturated rings. The monoisotopic (exact) mass is 108 g/mol. The molecule has 0 unspecified atom stereocenters. The molecule has 1 aromatic rings. The number of phenols is 2. The van der Waals surface area contributed by atoms with E-state index in [0.717, 1.165) is 0 Å². The zero-order valence-corrected chi connectivity index (χ0v) is 4.05. The Kier molecular flexibility index (Phi) is 1.08. The van der Waals surface area contributed by atoms with Crippen molar-refractivity contribution in [3.63, 3.8) is 0 Å². The Labute approximate surface area is 47.0 Å². The van der Waals surface area contributed by atoms with Crippen LogP contribution < -0.4 is 0 Å². The predicted octanol–water partition coefficient (Wildman–Crippen LogP) is 0.698. The highest BCUT2D eigenvalue weighted by atomic mass is 16.3. The molecule has 0 atom stereocenters. The van der Waals surface area contributed by atoms with E-state index in [1.54, 1.807) is 0 Å². The third-order valence-corrected chi connectivity index (χ3v) is 0.714. The van der Waals surface area contributed by atoms with Gasteiger partial charge < -0.3 is 10.2 Å². The minimum atomic E-state index is -0.0683. The number of aromatic hydroxyl groups is 2. The molecule has 0 aromatic heterocycles. The van der Waals surface area contributed by atoms with Crippen molar-refractivity contribution >= 4 is 0 Å². The fourth-order valence-corrected chi connectivity index (χ4v) is 0.397. The Morgan fingerprint density at radius 1 is 1.12 bits per heavy atom. The summed E-state index contributed by atoms with van der Waals surface area (Å²) in [6.07, 6.45) is 0. The molecular formula is C6H4O2. The molecule has 40 valence electrons. The maximum atomic E-state index is 8.58. The molecule has 2 radical (unpaired) electrons. The van der Waals surface area contributed by atoms with Gasteiger partial charge in [-0.05, 0) is 6.07 Å². The summed E-state index contributed by atoms with van der Waals surface area (Å²) in [4.78, 5) is 0. The maximum absolute atomic E-state index is 8.58. The average molecular weight is 108 g/mol. The van der Waals surface area contributed by atoms with E-state index in [0.29, 0.717) is 0 Å². The predicted molar refractivity (Wildman–Crippen MR) is 27.4 cm³/mol. The highest BCUT2D eigenvalue weighted by molar-refractivity contribution is 5.27. The summed E-state index contributed by atoms with van der Waals surface area (Å²) in [6.45, 7) is 0. The molecule has 0 heterocycles. The van der Waals surface area contributed by atoms with Gasteiger partial charge in [0.15, 0.2) is 0 Å². The van der Waals surface area contributed by atoms with E-state index < -0.39 is 0 Å². The lowest BCUT2D eigenvalue weighted by Gasteiger charge is -1.87. The lowest BCUT2D eigenvalue weighted by Crippen LogP contribution is -1.63. The standard InChI is InChI=1S/C6H4O2/c7-5-2-1-3-6(8)4-5/h1,4,7-8H. The van der Waals surface area contributed by atoms with Crippen LogP contribution in [0.4, 0.5) is 0 Å². The quantitative estimate of drug-likeness (QED) is 0.513. The van der Waals surface area contributed by atoms with Gasteiger partial charge in [0.05, 0.1) is 0 Å². The molecule has 0 amide bonds. The van der Waals surface area contributed by atoms with Crippen molar-refractivity contribution in [2.75, 3.05) is 0 Å². The van der Waals surface area contributed by atoms with Crippen molar-refractivity contribution in [2.24, 2.45) is 0 Å². The minimum Gasteiger partial charge on any atom is -0.507 e. The molecule has 0 spiro atoms. The Hall–Kier alpha value is -1.18. The van der Waals surface area contributed by atoms with Crippen LogP contribution in [0.25, 0.3) is 0 Å². The zero-order valence-electron chi connectivity index (χ0n) is 4.05. The zero-order chi connectivity index (χ0) is 5.98. The number of hydrogen-bond acceptors (Lipinski definition) is 2. The first kappa shape index (κ1) is 4.97. The first-order valence-electron chi connectivity index (χ1n) is 2.10. The molecule has 0 saturated heterocycles. The second-order valence-corrected chi connectivity index (χ2v) is 1.35. The minimum absolute atomic E-state index is 0.0683. The van der Waals surface area contributed by atoms with Gasteiger partial charge in [-0.2, -0.15) is 0 Å². The van der Waals surface area contributed by atoms with Crippen LogP contribution in [0.5, 0.6) is 11.5 Å². The largest absolute Gasteiger partial charge is 0.507 e. The third kappa shape index (κ3) is 0.904. The van der Waals surface area contributed by atoms with Gasteiger partial charge >= 0.3 is 0 Å². The van der Waals surface area contributed by atoms with Gasteiger partial charge in [-0.15, -0.1) is 0 Å². The SMILES string of the molecule is Oc1[c]c[c]c(O)c1. The van der Waals surface area contributed by atoms with Gasteiger partial charge in [0.25, 0.3) is 0 Å². The molecule has 1 rings (SSSR count). The van der Waals surface area contributed by atoms with Crippen molar-refractivity contribution in [1.82, 2.24) is 0 Å². The smallest absolute Gasteiger partial charge is 0.127 e. The number of hydrogen-bond donors (Lipinski definition) is 2. The maximum Gasteiger partial charge on any atom is 0.127 e. The van der Waals surface area contributed by atoms with Crippen molar-refractivity contribution in [1.29, 1.82) is 0 Å². The third-order valence-electron chi connectivity index (χ3n) is 0.714. The van der Waals surface area contributed by atoms with Crippen LogP contribution in [0, 0.1) is 12.1 Å².